The Hall–Kier alpha value is -0.580. The van der Waals surface area contributed by atoms with Gasteiger partial charge >= 0.3 is 5.97 Å². The molecular weight excluding hydrogens is 318 g/mol. The number of rotatable bonds is 3. The third-order valence-corrected chi connectivity index (χ3v) is 4.08. The number of aliphatic carboxylic acids is 1. The molecule has 0 aromatic heterocycles. The SMILES string of the molecule is O=C(O)C(c1cc(Br)ccc1Cl)N1CCCCC1. The van der Waals surface area contributed by atoms with E-state index in [2.05, 4.69) is 15.9 Å². The van der Waals surface area contributed by atoms with Gasteiger partial charge in [0, 0.05) is 15.1 Å². The topological polar surface area (TPSA) is 40.5 Å². The maximum absolute atomic E-state index is 11.5. The molecule has 1 N–H and O–H groups in total. The molecule has 5 heteroatoms. The Morgan fingerprint density at radius 1 is 1.33 bits per heavy atom. The molecule has 1 aromatic carbocycles. The van der Waals surface area contributed by atoms with Gasteiger partial charge < -0.3 is 5.11 Å². The molecule has 3 nitrogen and oxygen atoms in total. The van der Waals surface area contributed by atoms with Crippen LogP contribution in [0.15, 0.2) is 22.7 Å². The monoisotopic (exact) mass is 331 g/mol. The maximum Gasteiger partial charge on any atom is 0.325 e. The summed E-state index contributed by atoms with van der Waals surface area (Å²) >= 11 is 9.51. The number of carboxylic acid groups (broad SMARTS) is 1. The van der Waals surface area contributed by atoms with Crippen LogP contribution in [0.3, 0.4) is 0 Å². The Morgan fingerprint density at radius 2 is 2.00 bits per heavy atom. The van der Waals surface area contributed by atoms with Gasteiger partial charge in [0.15, 0.2) is 0 Å². The van der Waals surface area contributed by atoms with Gasteiger partial charge in [-0.1, -0.05) is 34.0 Å². The molecule has 0 bridgehead atoms. The van der Waals surface area contributed by atoms with Gasteiger partial charge in [-0.25, -0.2) is 0 Å². The van der Waals surface area contributed by atoms with E-state index in [1.807, 2.05) is 11.0 Å². The molecule has 2 rings (SSSR count). The van der Waals surface area contributed by atoms with Crippen LogP contribution >= 0.6 is 27.5 Å². The molecule has 18 heavy (non-hydrogen) atoms. The van der Waals surface area contributed by atoms with Crippen molar-refractivity contribution in [3.05, 3.63) is 33.3 Å². The molecule has 1 aliphatic rings. The average molecular weight is 333 g/mol. The first-order valence-electron chi connectivity index (χ1n) is 6.01. The van der Waals surface area contributed by atoms with Crippen molar-refractivity contribution in [3.63, 3.8) is 0 Å². The number of hydrogen-bond donors (Lipinski definition) is 1. The van der Waals surface area contributed by atoms with E-state index >= 15 is 0 Å². The van der Waals surface area contributed by atoms with Crippen molar-refractivity contribution in [1.82, 2.24) is 4.90 Å². The molecule has 1 fully saturated rings. The molecule has 1 aromatic rings. The van der Waals surface area contributed by atoms with Crippen molar-refractivity contribution in [2.75, 3.05) is 13.1 Å². The van der Waals surface area contributed by atoms with Crippen LogP contribution in [-0.2, 0) is 4.79 Å². The number of carboxylic acids is 1. The second-order valence-electron chi connectivity index (χ2n) is 4.50. The van der Waals surface area contributed by atoms with E-state index in [0.717, 1.165) is 30.4 Å². The molecule has 1 saturated heterocycles. The lowest BCUT2D eigenvalue weighted by Crippen LogP contribution is -2.38. The summed E-state index contributed by atoms with van der Waals surface area (Å²) < 4.78 is 0.852. The molecule has 1 heterocycles. The fraction of sp³-hybridized carbons (Fsp3) is 0.462. The van der Waals surface area contributed by atoms with Crippen LogP contribution in [0.4, 0.5) is 0 Å². The van der Waals surface area contributed by atoms with E-state index in [4.69, 9.17) is 11.6 Å². The molecule has 1 unspecified atom stereocenters. The first-order valence-corrected chi connectivity index (χ1v) is 7.18. The van der Waals surface area contributed by atoms with Crippen molar-refractivity contribution in [3.8, 4) is 0 Å². The lowest BCUT2D eigenvalue weighted by molar-refractivity contribution is -0.144. The van der Waals surface area contributed by atoms with Crippen molar-refractivity contribution in [2.24, 2.45) is 0 Å². The molecule has 1 aliphatic heterocycles. The molecule has 0 spiro atoms. The zero-order valence-corrected chi connectivity index (χ0v) is 12.2. The smallest absolute Gasteiger partial charge is 0.325 e. The van der Waals surface area contributed by atoms with Gasteiger partial charge in [-0.15, -0.1) is 0 Å². The summed E-state index contributed by atoms with van der Waals surface area (Å²) in [5.41, 5.74) is 0.667. The second kappa shape index (κ2) is 6.04. The van der Waals surface area contributed by atoms with Crippen LogP contribution in [0.2, 0.25) is 5.02 Å². The van der Waals surface area contributed by atoms with Crippen LogP contribution in [0.25, 0.3) is 0 Å². The van der Waals surface area contributed by atoms with E-state index in [0.29, 0.717) is 10.6 Å². The Labute approximate surface area is 120 Å². The zero-order valence-electron chi connectivity index (χ0n) is 9.90. The van der Waals surface area contributed by atoms with E-state index in [-0.39, 0.29) is 0 Å². The van der Waals surface area contributed by atoms with Crippen LogP contribution in [0, 0.1) is 0 Å². The minimum Gasteiger partial charge on any atom is -0.480 e. The first kappa shape index (κ1) is 13.8. The molecule has 1 atom stereocenters. The fourth-order valence-electron chi connectivity index (χ4n) is 2.39. The standard InChI is InChI=1S/C13H15BrClNO2/c14-9-4-5-11(15)10(8-9)12(13(17)18)16-6-2-1-3-7-16/h4-5,8,12H,1-3,6-7H2,(H,17,18). The largest absolute Gasteiger partial charge is 0.480 e. The molecule has 0 aliphatic carbocycles. The van der Waals surface area contributed by atoms with Crippen LogP contribution in [0.5, 0.6) is 0 Å². The minimum absolute atomic E-state index is 0.510. The number of piperidine rings is 1. The van der Waals surface area contributed by atoms with Gasteiger partial charge in [0.25, 0.3) is 0 Å². The predicted molar refractivity (Wildman–Crippen MR) is 75.0 cm³/mol. The van der Waals surface area contributed by atoms with Crippen LogP contribution in [0.1, 0.15) is 30.9 Å². The van der Waals surface area contributed by atoms with Crippen molar-refractivity contribution in [2.45, 2.75) is 25.3 Å². The summed E-state index contributed by atoms with van der Waals surface area (Å²) in [6.45, 7) is 1.64. The number of likely N-dealkylation sites (tertiary alicyclic amines) is 1. The summed E-state index contributed by atoms with van der Waals surface area (Å²) in [7, 11) is 0. The summed E-state index contributed by atoms with van der Waals surface area (Å²) in [5.74, 6) is -0.836. The second-order valence-corrected chi connectivity index (χ2v) is 5.83. The highest BCUT2D eigenvalue weighted by Gasteiger charge is 2.30. The highest BCUT2D eigenvalue weighted by atomic mass is 79.9. The lowest BCUT2D eigenvalue weighted by Gasteiger charge is -2.32. The normalized spacial score (nSPS) is 18.6. The van der Waals surface area contributed by atoms with Crippen LogP contribution < -0.4 is 0 Å². The van der Waals surface area contributed by atoms with Crippen LogP contribution in [-0.4, -0.2) is 29.1 Å². The van der Waals surface area contributed by atoms with Crippen molar-refractivity contribution in [1.29, 1.82) is 0 Å². The van der Waals surface area contributed by atoms with Gasteiger partial charge in [-0.2, -0.15) is 0 Å². The van der Waals surface area contributed by atoms with Gasteiger partial charge in [-0.05, 0) is 44.1 Å². The third kappa shape index (κ3) is 3.05. The third-order valence-electron chi connectivity index (χ3n) is 3.24. The van der Waals surface area contributed by atoms with E-state index in [1.54, 1.807) is 12.1 Å². The number of carbonyl (C=O) groups is 1. The number of halogens is 2. The summed E-state index contributed by atoms with van der Waals surface area (Å²) in [6.07, 6.45) is 3.28. The fourth-order valence-corrected chi connectivity index (χ4v) is 2.99. The minimum atomic E-state index is -0.836. The van der Waals surface area contributed by atoms with Crippen molar-refractivity contribution < 1.29 is 9.90 Å². The van der Waals surface area contributed by atoms with Gasteiger partial charge in [0.05, 0.1) is 0 Å². The molecule has 0 saturated carbocycles. The Kier molecular flexibility index (Phi) is 4.65. The molecule has 0 radical (unpaired) electrons. The highest BCUT2D eigenvalue weighted by Crippen LogP contribution is 2.32. The zero-order chi connectivity index (χ0) is 13.1. The Bertz CT molecular complexity index is 447. The number of nitrogens with zero attached hydrogens (tertiary/aromatic N) is 1. The van der Waals surface area contributed by atoms with Gasteiger partial charge in [0.1, 0.15) is 6.04 Å². The summed E-state index contributed by atoms with van der Waals surface area (Å²) in [4.78, 5) is 13.5. The van der Waals surface area contributed by atoms with E-state index in [1.165, 1.54) is 6.42 Å². The number of hydrogen-bond acceptors (Lipinski definition) is 2. The molecule has 0 amide bonds. The average Bonchev–Trinajstić information content (AvgIpc) is 2.35. The quantitative estimate of drug-likeness (QED) is 0.917. The number of benzene rings is 1. The van der Waals surface area contributed by atoms with Crippen molar-refractivity contribution >= 4 is 33.5 Å². The highest BCUT2D eigenvalue weighted by molar-refractivity contribution is 9.10. The van der Waals surface area contributed by atoms with Gasteiger partial charge in [0.2, 0.25) is 0 Å². The maximum atomic E-state index is 11.5. The molecular formula is C13H15BrClNO2. The first-order chi connectivity index (χ1) is 8.59. The Morgan fingerprint density at radius 3 is 2.61 bits per heavy atom. The predicted octanol–water partition coefficient (Wildman–Crippen LogP) is 3.71. The summed E-state index contributed by atoms with van der Waals surface area (Å²) in [5, 5.41) is 9.99. The molecule has 98 valence electrons. The lowest BCUT2D eigenvalue weighted by atomic mass is 10.0. The van der Waals surface area contributed by atoms with Gasteiger partial charge in [-0.3, -0.25) is 9.69 Å². The van der Waals surface area contributed by atoms with E-state index < -0.39 is 12.0 Å². The van der Waals surface area contributed by atoms with E-state index in [9.17, 15) is 9.90 Å². The summed E-state index contributed by atoms with van der Waals surface area (Å²) in [6, 6.07) is 4.72. The Balaban J connectivity index is 2.34.